The van der Waals surface area contributed by atoms with E-state index >= 15 is 0 Å². The van der Waals surface area contributed by atoms with E-state index in [2.05, 4.69) is 15.3 Å². The fraction of sp³-hybridized carbons (Fsp3) is 0.0769. The van der Waals surface area contributed by atoms with Gasteiger partial charge in [0.25, 0.3) is 5.91 Å². The Morgan fingerprint density at radius 3 is 2.29 bits per heavy atom. The first kappa shape index (κ1) is 17.1. The fourth-order valence-electron chi connectivity index (χ4n) is 1.67. The number of H-pyrrole nitrogens is 1. The number of hydrogen-bond acceptors (Lipinski definition) is 6. The van der Waals surface area contributed by atoms with Crippen LogP contribution < -0.4 is 5.32 Å². The van der Waals surface area contributed by atoms with Crippen LogP contribution in [0.4, 0.5) is 14.7 Å². The summed E-state index contributed by atoms with van der Waals surface area (Å²) in [6.07, 6.45) is 0. The summed E-state index contributed by atoms with van der Waals surface area (Å²) >= 11 is 0. The molecule has 8 nitrogen and oxygen atoms in total. The number of alkyl halides is 2. The molecule has 2 N–H and O–H groups in total. The van der Waals surface area contributed by atoms with Gasteiger partial charge in [0, 0.05) is 5.56 Å². The lowest BCUT2D eigenvalue weighted by molar-refractivity contribution is 0.102. The molecule has 1 heterocycles. The molecule has 0 aliphatic carbocycles. The summed E-state index contributed by atoms with van der Waals surface area (Å²) in [5, 5.41) is 19.8. The van der Waals surface area contributed by atoms with E-state index in [0.29, 0.717) is 0 Å². The van der Waals surface area contributed by atoms with E-state index in [1.807, 2.05) is 0 Å². The van der Waals surface area contributed by atoms with E-state index < -0.39 is 26.4 Å². The first-order chi connectivity index (χ1) is 11.3. The fourth-order valence-corrected chi connectivity index (χ4v) is 2.39. The maximum atomic E-state index is 12.4. The molecule has 0 aliphatic heterocycles. The lowest BCUT2D eigenvalue weighted by Gasteiger charge is -2.05. The number of aromatic nitrogens is 2. The van der Waals surface area contributed by atoms with Gasteiger partial charge in [-0.3, -0.25) is 10.1 Å². The molecule has 0 radical (unpaired) electrons. The molecule has 0 saturated carbocycles. The molecule has 0 aliphatic rings. The van der Waals surface area contributed by atoms with Crippen LogP contribution in [0, 0.1) is 22.7 Å². The number of carbonyl (C=O) groups excluding carboxylic acids is 1. The Hall–Kier alpha value is -3.31. The van der Waals surface area contributed by atoms with E-state index in [1.165, 1.54) is 0 Å². The van der Waals surface area contributed by atoms with Crippen molar-refractivity contribution >= 4 is 21.7 Å². The summed E-state index contributed by atoms with van der Waals surface area (Å²) in [7, 11) is -4.74. The summed E-state index contributed by atoms with van der Waals surface area (Å²) in [6.45, 7) is 0. The van der Waals surface area contributed by atoms with Crippen molar-refractivity contribution in [3.63, 3.8) is 0 Å². The second-order valence-corrected chi connectivity index (χ2v) is 6.23. The molecule has 2 rings (SSSR count). The third-order valence-electron chi connectivity index (χ3n) is 2.83. The monoisotopic (exact) mass is 351 g/mol. The van der Waals surface area contributed by atoms with Crippen LogP contribution in [0.1, 0.15) is 21.7 Å². The van der Waals surface area contributed by atoms with Crippen LogP contribution in [0.25, 0.3) is 0 Å². The molecule has 1 aromatic carbocycles. The SMILES string of the molecule is N#Cc1nc(NC(=O)c2ccc(S(=O)(=O)C(F)F)cc2)[nH]c1C#N. The molecule has 11 heteroatoms. The summed E-state index contributed by atoms with van der Waals surface area (Å²) in [4.78, 5) is 17.4. The van der Waals surface area contributed by atoms with E-state index in [0.717, 1.165) is 24.3 Å². The van der Waals surface area contributed by atoms with Gasteiger partial charge in [0.1, 0.15) is 12.1 Å². The number of nitrogens with one attached hydrogen (secondary N) is 2. The van der Waals surface area contributed by atoms with Crippen molar-refractivity contribution in [2.24, 2.45) is 0 Å². The molecule has 122 valence electrons. The summed E-state index contributed by atoms with van der Waals surface area (Å²) in [5.74, 6) is -4.45. The lowest BCUT2D eigenvalue weighted by atomic mass is 10.2. The van der Waals surface area contributed by atoms with Gasteiger partial charge in [0.15, 0.2) is 11.4 Å². The highest BCUT2D eigenvalue weighted by Gasteiger charge is 2.26. The minimum Gasteiger partial charge on any atom is -0.314 e. The molecule has 0 saturated heterocycles. The molecular formula is C13H7F2N5O3S. The number of halogens is 2. The van der Waals surface area contributed by atoms with Crippen molar-refractivity contribution in [3.05, 3.63) is 41.2 Å². The van der Waals surface area contributed by atoms with E-state index in [9.17, 15) is 22.0 Å². The number of aromatic amines is 1. The molecule has 0 bridgehead atoms. The molecule has 1 aromatic heterocycles. The van der Waals surface area contributed by atoms with Crippen molar-refractivity contribution in [1.82, 2.24) is 9.97 Å². The number of rotatable bonds is 4. The van der Waals surface area contributed by atoms with Crippen LogP contribution in [0.15, 0.2) is 29.2 Å². The van der Waals surface area contributed by atoms with Crippen LogP contribution >= 0.6 is 0 Å². The molecular weight excluding hydrogens is 344 g/mol. The van der Waals surface area contributed by atoms with Crippen molar-refractivity contribution in [3.8, 4) is 12.1 Å². The highest BCUT2D eigenvalue weighted by Crippen LogP contribution is 2.19. The number of carbonyl (C=O) groups is 1. The van der Waals surface area contributed by atoms with Crippen molar-refractivity contribution in [2.75, 3.05) is 5.32 Å². The topological polar surface area (TPSA) is 139 Å². The third-order valence-corrected chi connectivity index (χ3v) is 4.23. The lowest BCUT2D eigenvalue weighted by Crippen LogP contribution is -2.14. The van der Waals surface area contributed by atoms with Gasteiger partial charge in [-0.05, 0) is 24.3 Å². The van der Waals surface area contributed by atoms with E-state index in [1.54, 1.807) is 12.1 Å². The maximum Gasteiger partial charge on any atom is 0.341 e. The normalized spacial score (nSPS) is 10.9. The number of imidazole rings is 1. The Balaban J connectivity index is 2.21. The highest BCUT2D eigenvalue weighted by molar-refractivity contribution is 7.91. The smallest absolute Gasteiger partial charge is 0.314 e. The van der Waals surface area contributed by atoms with Gasteiger partial charge in [-0.25, -0.2) is 13.4 Å². The quantitative estimate of drug-likeness (QED) is 0.853. The van der Waals surface area contributed by atoms with Gasteiger partial charge in [0.05, 0.1) is 4.90 Å². The predicted octanol–water partition coefficient (Wildman–Crippen LogP) is 1.40. The summed E-state index contributed by atoms with van der Waals surface area (Å²) in [6, 6.07) is 7.19. The van der Waals surface area contributed by atoms with Crippen LogP contribution in [0.3, 0.4) is 0 Å². The Morgan fingerprint density at radius 1 is 1.21 bits per heavy atom. The first-order valence-corrected chi connectivity index (χ1v) is 7.68. The third kappa shape index (κ3) is 3.21. The van der Waals surface area contributed by atoms with Crippen LogP contribution in [0.5, 0.6) is 0 Å². The average molecular weight is 351 g/mol. The Bertz CT molecular complexity index is 937. The average Bonchev–Trinajstić information content (AvgIpc) is 2.96. The number of nitrogens with zero attached hydrogens (tertiary/aromatic N) is 3. The van der Waals surface area contributed by atoms with Gasteiger partial charge in [0.2, 0.25) is 15.8 Å². The Morgan fingerprint density at radius 2 is 1.83 bits per heavy atom. The van der Waals surface area contributed by atoms with Gasteiger partial charge in [-0.2, -0.15) is 19.3 Å². The molecule has 0 spiro atoms. The standard InChI is InChI=1S/C13H7F2N5O3S/c14-12(15)24(22,23)8-3-1-7(2-4-8)11(21)20-13-18-9(5-16)10(6-17)19-13/h1-4,12H,(H2,18,19,20,21). The summed E-state index contributed by atoms with van der Waals surface area (Å²) in [5.41, 5.74) is -0.367. The van der Waals surface area contributed by atoms with Gasteiger partial charge in [-0.1, -0.05) is 0 Å². The first-order valence-electron chi connectivity index (χ1n) is 6.13. The number of nitriles is 2. The van der Waals surface area contributed by atoms with Crippen LogP contribution in [-0.4, -0.2) is 30.1 Å². The van der Waals surface area contributed by atoms with Crippen molar-refractivity contribution in [1.29, 1.82) is 10.5 Å². The van der Waals surface area contributed by atoms with Crippen molar-refractivity contribution in [2.45, 2.75) is 10.7 Å². The molecule has 0 unspecified atom stereocenters. The minimum atomic E-state index is -4.74. The molecule has 0 fully saturated rings. The summed E-state index contributed by atoms with van der Waals surface area (Å²) < 4.78 is 47.4. The zero-order valence-electron chi connectivity index (χ0n) is 11.6. The molecule has 1 amide bonds. The number of amides is 1. The second-order valence-electron chi connectivity index (χ2n) is 4.32. The Kier molecular flexibility index (Phi) is 4.57. The van der Waals surface area contributed by atoms with Crippen LogP contribution in [0.2, 0.25) is 0 Å². The molecule has 2 aromatic rings. The zero-order valence-corrected chi connectivity index (χ0v) is 12.4. The number of benzene rings is 1. The van der Waals surface area contributed by atoms with Gasteiger partial charge < -0.3 is 4.98 Å². The predicted molar refractivity (Wildman–Crippen MR) is 75.6 cm³/mol. The maximum absolute atomic E-state index is 12.4. The number of anilines is 1. The second kappa shape index (κ2) is 6.44. The zero-order chi connectivity index (χ0) is 17.9. The number of sulfone groups is 1. The van der Waals surface area contributed by atoms with Gasteiger partial charge in [-0.15, -0.1) is 0 Å². The minimum absolute atomic E-state index is 0.0309. The largest absolute Gasteiger partial charge is 0.341 e. The molecule has 24 heavy (non-hydrogen) atoms. The number of hydrogen-bond donors (Lipinski definition) is 2. The van der Waals surface area contributed by atoms with E-state index in [4.69, 9.17) is 10.5 Å². The van der Waals surface area contributed by atoms with Gasteiger partial charge >= 0.3 is 5.76 Å². The Labute approximate surface area is 134 Å². The highest BCUT2D eigenvalue weighted by atomic mass is 32.2. The van der Waals surface area contributed by atoms with E-state index in [-0.39, 0.29) is 22.9 Å². The van der Waals surface area contributed by atoms with Crippen LogP contribution in [-0.2, 0) is 9.84 Å². The molecule has 0 atom stereocenters. The van der Waals surface area contributed by atoms with Crippen molar-refractivity contribution < 1.29 is 22.0 Å².